The van der Waals surface area contributed by atoms with Crippen LogP contribution in [-0.2, 0) is 19.5 Å². The van der Waals surface area contributed by atoms with Gasteiger partial charge in [-0.25, -0.2) is 18.6 Å². The number of amides is 1. The lowest BCUT2D eigenvalue weighted by Gasteiger charge is -2.27. The van der Waals surface area contributed by atoms with E-state index in [1.165, 1.54) is 6.07 Å². The average molecular weight is 562 g/mol. The van der Waals surface area contributed by atoms with Gasteiger partial charge in [0.15, 0.2) is 11.6 Å². The summed E-state index contributed by atoms with van der Waals surface area (Å²) in [7, 11) is 0. The van der Waals surface area contributed by atoms with E-state index in [0.29, 0.717) is 52.3 Å². The summed E-state index contributed by atoms with van der Waals surface area (Å²) in [6, 6.07) is 10.5. The van der Waals surface area contributed by atoms with Gasteiger partial charge in [-0.05, 0) is 53.1 Å². The maximum absolute atomic E-state index is 13.5. The van der Waals surface area contributed by atoms with Gasteiger partial charge in [0.2, 0.25) is 0 Å². The molecule has 1 aliphatic heterocycles. The highest BCUT2D eigenvalue weighted by molar-refractivity contribution is 6.42. The molecule has 0 atom stereocenters. The maximum atomic E-state index is 13.5. The Balaban J connectivity index is 1.39. The number of fused-ring (bicyclic) bond motifs is 3. The molecule has 190 valence electrons. The van der Waals surface area contributed by atoms with Crippen molar-refractivity contribution in [3.8, 4) is 0 Å². The number of aromatic nitrogens is 2. The second-order valence-electron chi connectivity index (χ2n) is 8.75. The van der Waals surface area contributed by atoms with Crippen molar-refractivity contribution in [3.05, 3.63) is 104 Å². The monoisotopic (exact) mass is 560 g/mol. The molecule has 2 aromatic carbocycles. The van der Waals surface area contributed by atoms with E-state index in [2.05, 4.69) is 15.2 Å². The van der Waals surface area contributed by atoms with Crippen molar-refractivity contribution in [2.24, 2.45) is 0 Å². The minimum atomic E-state index is -0.876. The zero-order valence-corrected chi connectivity index (χ0v) is 21.7. The molecule has 1 N–H and O–H groups in total. The van der Waals surface area contributed by atoms with Crippen LogP contribution in [0.1, 0.15) is 22.4 Å². The fourth-order valence-corrected chi connectivity index (χ4v) is 5.07. The molecule has 5 rings (SSSR count). The standard InChI is InChI=1S/C27H21Cl3F2N4O/c28-20-12-18-19-15-35(8-1-2-16-3-4-22(31)23(32)10-16)9-6-24(19)36(25(18)13-21(20)29)27(37)34-14-17-5-7-33-26(30)11-17/h1-5,7,10-13H,6,8-9,14-15H2,(H,34,37). The first-order chi connectivity index (χ1) is 17.8. The summed E-state index contributed by atoms with van der Waals surface area (Å²) in [5, 5.41) is 4.95. The second kappa shape index (κ2) is 10.8. The van der Waals surface area contributed by atoms with Gasteiger partial charge in [0.25, 0.3) is 0 Å². The van der Waals surface area contributed by atoms with E-state index in [9.17, 15) is 13.6 Å². The summed E-state index contributed by atoms with van der Waals surface area (Å²) >= 11 is 18.6. The summed E-state index contributed by atoms with van der Waals surface area (Å²) in [5.41, 5.74) is 4.01. The van der Waals surface area contributed by atoms with E-state index in [4.69, 9.17) is 34.8 Å². The van der Waals surface area contributed by atoms with Gasteiger partial charge in [0, 0.05) is 49.9 Å². The predicted molar refractivity (Wildman–Crippen MR) is 143 cm³/mol. The Labute approximate surface area is 227 Å². The topological polar surface area (TPSA) is 50.2 Å². The highest BCUT2D eigenvalue weighted by Gasteiger charge is 2.27. The quantitative estimate of drug-likeness (QED) is 0.264. The van der Waals surface area contributed by atoms with E-state index < -0.39 is 11.6 Å². The van der Waals surface area contributed by atoms with Crippen LogP contribution >= 0.6 is 34.8 Å². The van der Waals surface area contributed by atoms with Gasteiger partial charge in [0.1, 0.15) is 5.15 Å². The van der Waals surface area contributed by atoms with Crippen LogP contribution < -0.4 is 5.32 Å². The van der Waals surface area contributed by atoms with Crippen molar-refractivity contribution < 1.29 is 13.6 Å². The first-order valence-electron chi connectivity index (χ1n) is 11.5. The number of pyridine rings is 1. The molecule has 1 amide bonds. The number of rotatable bonds is 5. The van der Waals surface area contributed by atoms with Crippen LogP contribution in [0, 0.1) is 11.6 Å². The summed E-state index contributed by atoms with van der Waals surface area (Å²) in [6.45, 7) is 2.19. The maximum Gasteiger partial charge on any atom is 0.326 e. The zero-order valence-electron chi connectivity index (χ0n) is 19.4. The zero-order chi connectivity index (χ0) is 26.1. The molecular weight excluding hydrogens is 541 g/mol. The van der Waals surface area contributed by atoms with E-state index >= 15 is 0 Å². The van der Waals surface area contributed by atoms with Crippen molar-refractivity contribution in [1.29, 1.82) is 0 Å². The first-order valence-corrected chi connectivity index (χ1v) is 12.7. The predicted octanol–water partition coefficient (Wildman–Crippen LogP) is 7.10. The number of hydrogen-bond acceptors (Lipinski definition) is 3. The number of hydrogen-bond donors (Lipinski definition) is 1. The van der Waals surface area contributed by atoms with Crippen molar-refractivity contribution in [2.75, 3.05) is 13.1 Å². The number of nitrogens with zero attached hydrogens (tertiary/aromatic N) is 3. The Hall–Kier alpha value is -2.97. The van der Waals surface area contributed by atoms with Crippen molar-refractivity contribution in [3.63, 3.8) is 0 Å². The smallest absolute Gasteiger partial charge is 0.326 e. The third kappa shape index (κ3) is 5.50. The molecule has 1 aliphatic rings. The largest absolute Gasteiger partial charge is 0.333 e. The van der Waals surface area contributed by atoms with Gasteiger partial charge in [0.05, 0.1) is 15.6 Å². The van der Waals surface area contributed by atoms with Crippen LogP contribution in [0.2, 0.25) is 15.2 Å². The van der Waals surface area contributed by atoms with Crippen molar-refractivity contribution in [1.82, 2.24) is 19.8 Å². The summed E-state index contributed by atoms with van der Waals surface area (Å²) in [5.74, 6) is -1.75. The van der Waals surface area contributed by atoms with E-state index in [-0.39, 0.29) is 12.6 Å². The Bertz CT molecular complexity index is 1540. The first kappa shape index (κ1) is 25.7. The number of carbonyl (C=O) groups is 1. The lowest BCUT2D eigenvalue weighted by molar-refractivity contribution is 0.240. The van der Waals surface area contributed by atoms with Crippen LogP contribution in [0.4, 0.5) is 13.6 Å². The Morgan fingerprint density at radius 2 is 1.86 bits per heavy atom. The normalized spacial score (nSPS) is 13.9. The Morgan fingerprint density at radius 3 is 2.65 bits per heavy atom. The minimum absolute atomic E-state index is 0.274. The minimum Gasteiger partial charge on any atom is -0.333 e. The Morgan fingerprint density at radius 1 is 1.05 bits per heavy atom. The van der Waals surface area contributed by atoms with Crippen molar-refractivity contribution in [2.45, 2.75) is 19.5 Å². The van der Waals surface area contributed by atoms with Crippen LogP contribution in [-0.4, -0.2) is 33.6 Å². The molecule has 37 heavy (non-hydrogen) atoms. The average Bonchev–Trinajstić information content (AvgIpc) is 3.17. The number of nitrogens with one attached hydrogen (secondary N) is 1. The van der Waals surface area contributed by atoms with Gasteiger partial charge in [-0.15, -0.1) is 0 Å². The summed E-state index contributed by atoms with van der Waals surface area (Å²) in [4.78, 5) is 19.5. The third-order valence-electron chi connectivity index (χ3n) is 6.32. The fraction of sp³-hybridized carbons (Fsp3) is 0.185. The van der Waals surface area contributed by atoms with E-state index in [1.807, 2.05) is 6.08 Å². The van der Waals surface area contributed by atoms with Gasteiger partial charge < -0.3 is 5.32 Å². The third-order valence-corrected chi connectivity index (χ3v) is 7.25. The molecule has 0 aliphatic carbocycles. The fourth-order valence-electron chi connectivity index (χ4n) is 4.56. The molecule has 4 aromatic rings. The molecule has 0 saturated heterocycles. The lowest BCUT2D eigenvalue weighted by Crippen LogP contribution is -2.34. The molecular formula is C27H21Cl3F2N4O. The molecule has 0 spiro atoms. The second-order valence-corrected chi connectivity index (χ2v) is 9.95. The molecule has 0 fully saturated rings. The van der Waals surface area contributed by atoms with E-state index in [1.54, 1.807) is 41.1 Å². The van der Waals surface area contributed by atoms with Crippen LogP contribution in [0.25, 0.3) is 17.0 Å². The number of benzene rings is 2. The highest BCUT2D eigenvalue weighted by atomic mass is 35.5. The molecule has 2 aromatic heterocycles. The molecule has 5 nitrogen and oxygen atoms in total. The summed E-state index contributed by atoms with van der Waals surface area (Å²) in [6.07, 6.45) is 5.89. The van der Waals surface area contributed by atoms with Gasteiger partial charge in [-0.3, -0.25) is 9.47 Å². The van der Waals surface area contributed by atoms with Crippen LogP contribution in [0.5, 0.6) is 0 Å². The van der Waals surface area contributed by atoms with Crippen molar-refractivity contribution >= 4 is 57.8 Å². The summed E-state index contributed by atoms with van der Waals surface area (Å²) < 4.78 is 28.3. The van der Waals surface area contributed by atoms with Crippen LogP contribution in [0.15, 0.2) is 54.7 Å². The molecule has 0 saturated carbocycles. The highest BCUT2D eigenvalue weighted by Crippen LogP contribution is 2.36. The molecule has 3 heterocycles. The lowest BCUT2D eigenvalue weighted by atomic mass is 10.0. The number of halogens is 5. The van der Waals surface area contributed by atoms with E-state index in [0.717, 1.165) is 34.3 Å². The molecule has 0 bridgehead atoms. The van der Waals surface area contributed by atoms with Gasteiger partial charge in [-0.1, -0.05) is 53.0 Å². The van der Waals surface area contributed by atoms with Crippen LogP contribution in [0.3, 0.4) is 0 Å². The molecule has 0 unspecified atom stereocenters. The SMILES string of the molecule is O=C(NCc1ccnc(Cl)c1)n1c2c(c3cc(Cl)c(Cl)cc31)CN(CC=Cc1ccc(F)c(F)c1)CC2. The molecule has 10 heteroatoms. The van der Waals surface area contributed by atoms with Gasteiger partial charge >= 0.3 is 6.03 Å². The number of carbonyl (C=O) groups excluding carboxylic acids is 1. The molecule has 0 radical (unpaired) electrons. The Kier molecular flexibility index (Phi) is 7.49. The van der Waals surface area contributed by atoms with Gasteiger partial charge in [-0.2, -0.15) is 0 Å².